The number of benzene rings is 1. The van der Waals surface area contributed by atoms with Crippen molar-refractivity contribution in [3.8, 4) is 0 Å². The van der Waals surface area contributed by atoms with E-state index in [1.54, 1.807) is 6.07 Å². The first-order chi connectivity index (χ1) is 11.5. The predicted molar refractivity (Wildman–Crippen MR) is 89.9 cm³/mol. The number of nitrogens with zero attached hydrogens (tertiary/aromatic N) is 3. The number of nitrogens with two attached hydrogens (primary N) is 1. The molecule has 24 heavy (non-hydrogen) atoms. The molecular weight excluding hydrogens is 335 g/mol. The van der Waals surface area contributed by atoms with Crippen LogP contribution in [0, 0.1) is 5.82 Å². The van der Waals surface area contributed by atoms with E-state index in [9.17, 15) is 12.8 Å². The van der Waals surface area contributed by atoms with Gasteiger partial charge in [-0.15, -0.1) is 0 Å². The van der Waals surface area contributed by atoms with Crippen LogP contribution in [0.2, 0.25) is 0 Å². The van der Waals surface area contributed by atoms with Crippen molar-refractivity contribution >= 4 is 21.7 Å². The summed E-state index contributed by atoms with van der Waals surface area (Å²) in [5.74, 6) is -0.0859. The number of halogens is 1. The molecule has 3 rings (SSSR count). The van der Waals surface area contributed by atoms with E-state index >= 15 is 0 Å². The van der Waals surface area contributed by atoms with E-state index < -0.39 is 15.8 Å². The summed E-state index contributed by atoms with van der Waals surface area (Å²) in [6.07, 6.45) is 0.518. The summed E-state index contributed by atoms with van der Waals surface area (Å²) in [7, 11) is -3.39. The molecule has 0 aliphatic carbocycles. The highest BCUT2D eigenvalue weighted by molar-refractivity contribution is 7.93. The molecule has 0 unspecified atom stereocenters. The topological polar surface area (TPSA) is 88.2 Å². The number of morpholine rings is 1. The summed E-state index contributed by atoms with van der Waals surface area (Å²) in [5, 5.41) is 0. The Bertz CT molecular complexity index is 732. The number of aliphatic imine (C=N–C) groups is 1. The summed E-state index contributed by atoms with van der Waals surface area (Å²) >= 11 is 0. The van der Waals surface area contributed by atoms with Crippen LogP contribution >= 0.6 is 0 Å². The Hall–Kier alpha value is -1.87. The molecule has 9 heteroatoms. The third kappa shape index (κ3) is 3.62. The van der Waals surface area contributed by atoms with Crippen LogP contribution in [0.15, 0.2) is 23.2 Å². The minimum absolute atomic E-state index is 0.0641. The summed E-state index contributed by atoms with van der Waals surface area (Å²) in [6, 6.07) is 4.50. The number of hydrogen-bond acceptors (Lipinski definition) is 4. The second kappa shape index (κ2) is 6.94. The molecule has 0 saturated carbocycles. The molecule has 0 aromatic heterocycles. The third-order valence-corrected chi connectivity index (χ3v) is 5.99. The van der Waals surface area contributed by atoms with Gasteiger partial charge in [0.05, 0.1) is 31.2 Å². The standard InChI is InChI=1S/C15H21FN4O3S/c16-13-10-12(11-18-15(17)19-5-7-23-8-6-19)2-3-14(13)20-4-1-9-24(20,21)22/h2-3,10H,1,4-9,11H2,(H2,17,18). The molecule has 0 atom stereocenters. The minimum Gasteiger partial charge on any atom is -0.378 e. The summed E-state index contributed by atoms with van der Waals surface area (Å²) < 4.78 is 44.5. The van der Waals surface area contributed by atoms with Crippen LogP contribution in [-0.4, -0.2) is 57.9 Å². The molecule has 2 N–H and O–H groups in total. The van der Waals surface area contributed by atoms with Gasteiger partial charge in [-0.25, -0.2) is 17.8 Å². The van der Waals surface area contributed by atoms with E-state index in [-0.39, 0.29) is 18.0 Å². The Morgan fingerprint density at radius 2 is 2.04 bits per heavy atom. The summed E-state index contributed by atoms with van der Waals surface area (Å²) in [5.41, 5.74) is 6.68. The highest BCUT2D eigenvalue weighted by Crippen LogP contribution is 2.27. The second-order valence-corrected chi connectivity index (χ2v) is 7.81. The van der Waals surface area contributed by atoms with Crippen molar-refractivity contribution in [2.45, 2.75) is 13.0 Å². The fraction of sp³-hybridized carbons (Fsp3) is 0.533. The van der Waals surface area contributed by atoms with E-state index in [2.05, 4.69) is 4.99 Å². The Kier molecular flexibility index (Phi) is 4.91. The molecule has 0 amide bonds. The molecule has 0 bridgehead atoms. The number of anilines is 1. The monoisotopic (exact) mass is 356 g/mol. The lowest BCUT2D eigenvalue weighted by Crippen LogP contribution is -2.44. The number of guanidine groups is 1. The Morgan fingerprint density at radius 3 is 2.67 bits per heavy atom. The van der Waals surface area contributed by atoms with Gasteiger partial charge in [0.1, 0.15) is 5.82 Å². The predicted octanol–water partition coefficient (Wildman–Crippen LogP) is 0.512. The molecule has 7 nitrogen and oxygen atoms in total. The van der Waals surface area contributed by atoms with Gasteiger partial charge in [-0.05, 0) is 24.1 Å². The Balaban J connectivity index is 1.71. The highest BCUT2D eigenvalue weighted by atomic mass is 32.2. The van der Waals surface area contributed by atoms with Crippen LogP contribution in [0.25, 0.3) is 0 Å². The van der Waals surface area contributed by atoms with E-state index in [1.165, 1.54) is 12.1 Å². The molecule has 2 aliphatic rings. The van der Waals surface area contributed by atoms with Gasteiger partial charge in [0.25, 0.3) is 0 Å². The SMILES string of the molecule is NC(=NCc1ccc(N2CCCS2(=O)=O)c(F)c1)N1CCOCC1. The van der Waals surface area contributed by atoms with Crippen LogP contribution in [0.1, 0.15) is 12.0 Å². The van der Waals surface area contributed by atoms with Crippen molar-refractivity contribution < 1.29 is 17.5 Å². The molecule has 1 aromatic carbocycles. The molecule has 2 fully saturated rings. The lowest BCUT2D eigenvalue weighted by Gasteiger charge is -2.27. The largest absolute Gasteiger partial charge is 0.378 e. The van der Waals surface area contributed by atoms with Gasteiger partial charge in [-0.2, -0.15) is 0 Å². The van der Waals surface area contributed by atoms with E-state index in [4.69, 9.17) is 10.5 Å². The third-order valence-electron chi connectivity index (χ3n) is 4.14. The van der Waals surface area contributed by atoms with Gasteiger partial charge < -0.3 is 15.4 Å². The van der Waals surface area contributed by atoms with Crippen molar-refractivity contribution in [2.24, 2.45) is 10.7 Å². The lowest BCUT2D eigenvalue weighted by atomic mass is 10.2. The van der Waals surface area contributed by atoms with Gasteiger partial charge in [0, 0.05) is 19.6 Å². The zero-order valence-electron chi connectivity index (χ0n) is 13.3. The van der Waals surface area contributed by atoms with Crippen molar-refractivity contribution in [2.75, 3.05) is 42.9 Å². The van der Waals surface area contributed by atoms with E-state index in [1.807, 2.05) is 4.90 Å². The van der Waals surface area contributed by atoms with Crippen molar-refractivity contribution in [3.05, 3.63) is 29.6 Å². The van der Waals surface area contributed by atoms with E-state index in [0.717, 1.165) is 4.31 Å². The zero-order chi connectivity index (χ0) is 17.2. The lowest BCUT2D eigenvalue weighted by molar-refractivity contribution is 0.0674. The summed E-state index contributed by atoms with van der Waals surface area (Å²) in [6.45, 7) is 3.17. The number of rotatable bonds is 3. The smallest absolute Gasteiger partial charge is 0.235 e. The number of hydrogen-bond donors (Lipinski definition) is 1. The quantitative estimate of drug-likeness (QED) is 0.630. The maximum atomic E-state index is 14.3. The van der Waals surface area contributed by atoms with Gasteiger partial charge in [0.15, 0.2) is 5.96 Å². The minimum atomic E-state index is -3.39. The van der Waals surface area contributed by atoms with Crippen LogP contribution in [0.5, 0.6) is 0 Å². The molecule has 2 saturated heterocycles. The van der Waals surface area contributed by atoms with Crippen LogP contribution in [0.4, 0.5) is 10.1 Å². The first kappa shape index (κ1) is 17.0. The van der Waals surface area contributed by atoms with Crippen molar-refractivity contribution in [1.82, 2.24) is 4.90 Å². The zero-order valence-corrected chi connectivity index (χ0v) is 14.1. The molecule has 132 valence electrons. The van der Waals surface area contributed by atoms with E-state index in [0.29, 0.717) is 50.8 Å². The number of ether oxygens (including phenoxy) is 1. The second-order valence-electron chi connectivity index (χ2n) is 5.80. The average molecular weight is 356 g/mol. The number of sulfonamides is 1. The van der Waals surface area contributed by atoms with Gasteiger partial charge >= 0.3 is 0 Å². The molecular formula is C15H21FN4O3S. The molecule has 2 aliphatic heterocycles. The van der Waals surface area contributed by atoms with Crippen LogP contribution in [0.3, 0.4) is 0 Å². The maximum absolute atomic E-state index is 14.3. The normalized spacial score (nSPS) is 21.3. The Labute approximate surface area is 140 Å². The summed E-state index contributed by atoms with van der Waals surface area (Å²) in [4.78, 5) is 6.20. The molecule has 0 spiro atoms. The Morgan fingerprint density at radius 1 is 1.29 bits per heavy atom. The maximum Gasteiger partial charge on any atom is 0.235 e. The fourth-order valence-electron chi connectivity index (χ4n) is 2.83. The first-order valence-corrected chi connectivity index (χ1v) is 9.50. The average Bonchev–Trinajstić information content (AvgIpc) is 2.92. The van der Waals surface area contributed by atoms with Crippen LogP contribution < -0.4 is 10.0 Å². The van der Waals surface area contributed by atoms with Crippen molar-refractivity contribution in [3.63, 3.8) is 0 Å². The molecule has 0 radical (unpaired) electrons. The van der Waals surface area contributed by atoms with Gasteiger partial charge in [-0.1, -0.05) is 6.07 Å². The van der Waals surface area contributed by atoms with Crippen molar-refractivity contribution in [1.29, 1.82) is 0 Å². The fourth-order valence-corrected chi connectivity index (χ4v) is 4.40. The van der Waals surface area contributed by atoms with Gasteiger partial charge in [-0.3, -0.25) is 4.31 Å². The molecule has 1 aromatic rings. The first-order valence-electron chi connectivity index (χ1n) is 7.89. The highest BCUT2D eigenvalue weighted by Gasteiger charge is 2.30. The molecule has 2 heterocycles. The van der Waals surface area contributed by atoms with Gasteiger partial charge in [0.2, 0.25) is 10.0 Å². The van der Waals surface area contributed by atoms with Crippen LogP contribution in [-0.2, 0) is 21.3 Å².